The Morgan fingerprint density at radius 3 is 2.18 bits per heavy atom. The minimum Gasteiger partial charge on any atom is -0.399 e. The number of hydrogen-bond acceptors (Lipinski definition) is 2. The number of rotatable bonds is 2. The summed E-state index contributed by atoms with van der Waals surface area (Å²) in [6.45, 7) is 0. The van der Waals surface area contributed by atoms with Gasteiger partial charge in [0.25, 0.3) is 5.91 Å². The van der Waals surface area contributed by atoms with E-state index in [1.54, 1.807) is 36.4 Å². The highest BCUT2D eigenvalue weighted by Gasteiger charge is 2.05. The molecule has 4 heteroatoms. The summed E-state index contributed by atoms with van der Waals surface area (Å²) in [4.78, 5) is 11.9. The second-order valence-electron chi connectivity index (χ2n) is 3.58. The third-order valence-corrected chi connectivity index (χ3v) is 2.80. The molecule has 0 aliphatic carbocycles. The fourth-order valence-corrected chi connectivity index (χ4v) is 1.64. The normalized spacial score (nSPS) is 9.94. The first kappa shape index (κ1) is 11.7. The topological polar surface area (TPSA) is 55.1 Å². The highest BCUT2D eigenvalue weighted by Crippen LogP contribution is 2.14. The molecule has 3 N–H and O–H groups in total. The molecular weight excluding hydrogens is 280 g/mol. The molecule has 1 amide bonds. The first-order valence-corrected chi connectivity index (χ1v) is 5.87. The number of nitrogens with one attached hydrogen (secondary N) is 1. The number of amides is 1. The van der Waals surface area contributed by atoms with Crippen molar-refractivity contribution >= 4 is 33.2 Å². The van der Waals surface area contributed by atoms with Gasteiger partial charge in [-0.3, -0.25) is 4.79 Å². The summed E-state index contributed by atoms with van der Waals surface area (Å²) in [5.41, 5.74) is 7.58. The lowest BCUT2D eigenvalue weighted by atomic mass is 10.2. The summed E-state index contributed by atoms with van der Waals surface area (Å²) >= 11 is 3.32. The summed E-state index contributed by atoms with van der Waals surface area (Å²) in [5.74, 6) is -0.137. The van der Waals surface area contributed by atoms with Crippen molar-refractivity contribution in [2.75, 3.05) is 11.1 Å². The molecule has 86 valence electrons. The van der Waals surface area contributed by atoms with Gasteiger partial charge in [0.15, 0.2) is 0 Å². The number of halogens is 1. The van der Waals surface area contributed by atoms with Gasteiger partial charge in [0.05, 0.1) is 0 Å². The van der Waals surface area contributed by atoms with Gasteiger partial charge in [-0.15, -0.1) is 0 Å². The molecule has 0 fully saturated rings. The van der Waals surface area contributed by atoms with Crippen molar-refractivity contribution in [3.63, 3.8) is 0 Å². The maximum absolute atomic E-state index is 11.9. The van der Waals surface area contributed by atoms with E-state index in [4.69, 9.17) is 5.73 Å². The molecule has 0 saturated heterocycles. The summed E-state index contributed by atoms with van der Waals surface area (Å²) in [6.07, 6.45) is 0. The zero-order chi connectivity index (χ0) is 12.3. The molecule has 0 atom stereocenters. The third kappa shape index (κ3) is 3.07. The second-order valence-corrected chi connectivity index (χ2v) is 4.50. The predicted octanol–water partition coefficient (Wildman–Crippen LogP) is 3.28. The van der Waals surface area contributed by atoms with Crippen LogP contribution >= 0.6 is 15.9 Å². The molecule has 0 heterocycles. The maximum atomic E-state index is 11.9. The Labute approximate surface area is 108 Å². The Kier molecular flexibility index (Phi) is 3.44. The number of anilines is 2. The standard InChI is InChI=1S/C13H11BrN2O/c14-10-3-1-9(2-4-10)13(17)16-12-7-5-11(15)6-8-12/h1-8H,15H2,(H,16,17). The van der Waals surface area contributed by atoms with Gasteiger partial charge in [0, 0.05) is 21.4 Å². The van der Waals surface area contributed by atoms with Crippen LogP contribution < -0.4 is 11.1 Å². The first-order chi connectivity index (χ1) is 8.15. The van der Waals surface area contributed by atoms with E-state index in [1.165, 1.54) is 0 Å². The summed E-state index contributed by atoms with van der Waals surface area (Å²) < 4.78 is 0.946. The van der Waals surface area contributed by atoms with Crippen LogP contribution in [0, 0.1) is 0 Å². The van der Waals surface area contributed by atoms with Gasteiger partial charge in [-0.25, -0.2) is 0 Å². The van der Waals surface area contributed by atoms with Crippen molar-refractivity contribution in [2.24, 2.45) is 0 Å². The Bertz CT molecular complexity index is 520. The maximum Gasteiger partial charge on any atom is 0.255 e. The molecule has 2 rings (SSSR count). The Balaban J connectivity index is 2.11. The Hall–Kier alpha value is -1.81. The molecular formula is C13H11BrN2O. The summed E-state index contributed by atoms with van der Waals surface area (Å²) in [7, 11) is 0. The van der Waals surface area contributed by atoms with E-state index in [1.807, 2.05) is 12.1 Å². The quantitative estimate of drug-likeness (QED) is 0.834. The molecule has 0 saturated carbocycles. The first-order valence-electron chi connectivity index (χ1n) is 5.07. The largest absolute Gasteiger partial charge is 0.399 e. The van der Waals surface area contributed by atoms with Crippen LogP contribution in [-0.4, -0.2) is 5.91 Å². The van der Waals surface area contributed by atoms with Crippen LogP contribution in [0.4, 0.5) is 11.4 Å². The highest BCUT2D eigenvalue weighted by atomic mass is 79.9. The molecule has 2 aromatic carbocycles. The fraction of sp³-hybridized carbons (Fsp3) is 0. The van der Waals surface area contributed by atoms with Gasteiger partial charge in [-0.2, -0.15) is 0 Å². The van der Waals surface area contributed by atoms with E-state index in [-0.39, 0.29) is 5.91 Å². The molecule has 17 heavy (non-hydrogen) atoms. The zero-order valence-corrected chi connectivity index (χ0v) is 10.6. The summed E-state index contributed by atoms with van der Waals surface area (Å²) in [6, 6.07) is 14.2. The van der Waals surface area contributed by atoms with Gasteiger partial charge >= 0.3 is 0 Å². The van der Waals surface area contributed by atoms with Crippen molar-refractivity contribution in [3.05, 3.63) is 58.6 Å². The molecule has 0 aliphatic heterocycles. The number of nitrogens with two attached hydrogens (primary N) is 1. The minimum atomic E-state index is -0.137. The van der Waals surface area contributed by atoms with Crippen LogP contribution in [0.5, 0.6) is 0 Å². The average molecular weight is 291 g/mol. The van der Waals surface area contributed by atoms with Crippen molar-refractivity contribution in [3.8, 4) is 0 Å². The van der Waals surface area contributed by atoms with Crippen LogP contribution in [0.1, 0.15) is 10.4 Å². The second kappa shape index (κ2) is 5.01. The lowest BCUT2D eigenvalue weighted by Crippen LogP contribution is -2.11. The van der Waals surface area contributed by atoms with Crippen LogP contribution in [0.25, 0.3) is 0 Å². The number of carbonyl (C=O) groups is 1. The van der Waals surface area contributed by atoms with E-state index in [2.05, 4.69) is 21.2 Å². The average Bonchev–Trinajstić information content (AvgIpc) is 2.33. The molecule has 0 unspecified atom stereocenters. The molecule has 0 spiro atoms. The van der Waals surface area contributed by atoms with Crippen molar-refractivity contribution in [1.82, 2.24) is 0 Å². The van der Waals surface area contributed by atoms with Gasteiger partial charge in [0.1, 0.15) is 0 Å². The van der Waals surface area contributed by atoms with E-state index >= 15 is 0 Å². The molecule has 0 bridgehead atoms. The van der Waals surface area contributed by atoms with Crippen molar-refractivity contribution < 1.29 is 4.79 Å². The van der Waals surface area contributed by atoms with E-state index in [9.17, 15) is 4.79 Å². The third-order valence-electron chi connectivity index (χ3n) is 2.27. The number of benzene rings is 2. The van der Waals surface area contributed by atoms with Gasteiger partial charge < -0.3 is 11.1 Å². The monoisotopic (exact) mass is 290 g/mol. The van der Waals surface area contributed by atoms with Crippen LogP contribution in [0.3, 0.4) is 0 Å². The predicted molar refractivity (Wildman–Crippen MR) is 72.9 cm³/mol. The van der Waals surface area contributed by atoms with E-state index < -0.39 is 0 Å². The van der Waals surface area contributed by atoms with Gasteiger partial charge in [-0.1, -0.05) is 15.9 Å². The fourth-order valence-electron chi connectivity index (χ4n) is 1.37. The van der Waals surface area contributed by atoms with E-state index in [0.29, 0.717) is 11.3 Å². The number of nitrogen functional groups attached to an aromatic ring is 1. The molecule has 0 radical (unpaired) electrons. The SMILES string of the molecule is Nc1ccc(NC(=O)c2ccc(Br)cc2)cc1. The summed E-state index contributed by atoms with van der Waals surface area (Å²) in [5, 5.41) is 2.80. The van der Waals surface area contributed by atoms with Crippen LogP contribution in [-0.2, 0) is 0 Å². The molecule has 0 aliphatic rings. The smallest absolute Gasteiger partial charge is 0.255 e. The zero-order valence-electron chi connectivity index (χ0n) is 8.98. The lowest BCUT2D eigenvalue weighted by molar-refractivity contribution is 0.102. The lowest BCUT2D eigenvalue weighted by Gasteiger charge is -2.05. The molecule has 3 nitrogen and oxygen atoms in total. The minimum absolute atomic E-state index is 0.137. The van der Waals surface area contributed by atoms with Crippen molar-refractivity contribution in [2.45, 2.75) is 0 Å². The van der Waals surface area contributed by atoms with Crippen LogP contribution in [0.15, 0.2) is 53.0 Å². The van der Waals surface area contributed by atoms with Crippen LogP contribution in [0.2, 0.25) is 0 Å². The molecule has 0 aromatic heterocycles. The van der Waals surface area contributed by atoms with Gasteiger partial charge in [0.2, 0.25) is 0 Å². The number of carbonyl (C=O) groups excluding carboxylic acids is 1. The Morgan fingerprint density at radius 2 is 1.59 bits per heavy atom. The Morgan fingerprint density at radius 1 is 1.00 bits per heavy atom. The molecule has 2 aromatic rings. The van der Waals surface area contributed by atoms with Crippen molar-refractivity contribution in [1.29, 1.82) is 0 Å². The van der Waals surface area contributed by atoms with Gasteiger partial charge in [-0.05, 0) is 48.5 Å². The van der Waals surface area contributed by atoms with E-state index in [0.717, 1.165) is 10.2 Å². The number of hydrogen-bond donors (Lipinski definition) is 2. The highest BCUT2D eigenvalue weighted by molar-refractivity contribution is 9.10.